The Balaban J connectivity index is 1.94. The van der Waals surface area contributed by atoms with Gasteiger partial charge in [0.2, 0.25) is 0 Å². The van der Waals surface area contributed by atoms with E-state index in [2.05, 4.69) is 37.5 Å². The molecular weight excluding hydrogens is 303 g/mol. The van der Waals surface area contributed by atoms with E-state index in [0.29, 0.717) is 9.74 Å². The van der Waals surface area contributed by atoms with Gasteiger partial charge in [-0.2, -0.15) is 0 Å². The highest BCUT2D eigenvalue weighted by atomic mass is 127. The molecule has 0 bridgehead atoms. The number of alkyl halides is 1. The van der Waals surface area contributed by atoms with E-state index in [-0.39, 0.29) is 0 Å². The standard InChI is InChI=1S/C10H13IN4/c11-7-4-15(3-6-1-2-6)10-8(7)9(12)13-5-14-10/h5-7H,1-4H2,(H2,12,13,14). The molecule has 1 fully saturated rings. The van der Waals surface area contributed by atoms with Crippen molar-refractivity contribution in [1.82, 2.24) is 9.97 Å². The fourth-order valence-electron chi connectivity index (χ4n) is 2.10. The molecule has 1 unspecified atom stereocenters. The van der Waals surface area contributed by atoms with E-state index in [1.54, 1.807) is 6.33 Å². The molecule has 1 atom stereocenters. The normalized spacial score (nSPS) is 24.3. The fourth-order valence-corrected chi connectivity index (χ4v) is 3.17. The molecular formula is C10H13IN4. The SMILES string of the molecule is Nc1ncnc2c1C(I)CN2CC1CC1. The van der Waals surface area contributed by atoms with Crippen LogP contribution in [-0.2, 0) is 0 Å². The summed E-state index contributed by atoms with van der Waals surface area (Å²) in [6.07, 6.45) is 4.32. The van der Waals surface area contributed by atoms with E-state index in [0.717, 1.165) is 30.4 Å². The molecule has 1 saturated carbocycles. The van der Waals surface area contributed by atoms with Gasteiger partial charge in [0.1, 0.15) is 18.0 Å². The zero-order valence-electron chi connectivity index (χ0n) is 8.36. The molecule has 3 rings (SSSR count). The van der Waals surface area contributed by atoms with Gasteiger partial charge in [-0.05, 0) is 18.8 Å². The summed E-state index contributed by atoms with van der Waals surface area (Å²) in [4.78, 5) is 10.8. The second-order valence-corrected chi connectivity index (χ2v) is 5.82. The molecule has 5 heteroatoms. The number of aromatic nitrogens is 2. The topological polar surface area (TPSA) is 55.0 Å². The molecule has 15 heavy (non-hydrogen) atoms. The van der Waals surface area contributed by atoms with Gasteiger partial charge in [-0.1, -0.05) is 22.6 Å². The number of hydrogen-bond acceptors (Lipinski definition) is 4. The van der Waals surface area contributed by atoms with Crippen molar-refractivity contribution < 1.29 is 0 Å². The van der Waals surface area contributed by atoms with E-state index in [4.69, 9.17) is 5.73 Å². The number of anilines is 2. The molecule has 1 aromatic heterocycles. The summed E-state index contributed by atoms with van der Waals surface area (Å²) in [5.74, 6) is 2.60. The summed E-state index contributed by atoms with van der Waals surface area (Å²) >= 11 is 2.43. The number of nitrogen functional groups attached to an aromatic ring is 1. The first-order chi connectivity index (χ1) is 7.25. The third kappa shape index (κ3) is 1.66. The number of halogens is 1. The maximum absolute atomic E-state index is 5.89. The van der Waals surface area contributed by atoms with Gasteiger partial charge in [-0.3, -0.25) is 0 Å². The molecule has 1 aliphatic carbocycles. The third-order valence-corrected chi connectivity index (χ3v) is 4.08. The molecule has 0 saturated heterocycles. The highest BCUT2D eigenvalue weighted by Crippen LogP contribution is 2.43. The average Bonchev–Trinajstić information content (AvgIpc) is 2.94. The summed E-state index contributed by atoms with van der Waals surface area (Å²) < 4.78 is 0.442. The summed E-state index contributed by atoms with van der Waals surface area (Å²) in [5, 5.41) is 0. The van der Waals surface area contributed by atoms with Gasteiger partial charge in [0.25, 0.3) is 0 Å². The largest absolute Gasteiger partial charge is 0.383 e. The third-order valence-electron chi connectivity index (χ3n) is 3.06. The van der Waals surface area contributed by atoms with Crippen LogP contribution in [0.5, 0.6) is 0 Å². The smallest absolute Gasteiger partial charge is 0.138 e. The number of hydrogen-bond donors (Lipinski definition) is 1. The van der Waals surface area contributed by atoms with Gasteiger partial charge in [0.15, 0.2) is 0 Å². The van der Waals surface area contributed by atoms with E-state index < -0.39 is 0 Å². The molecule has 1 aliphatic heterocycles. The molecule has 4 nitrogen and oxygen atoms in total. The van der Waals surface area contributed by atoms with Gasteiger partial charge in [-0.15, -0.1) is 0 Å². The Morgan fingerprint density at radius 2 is 2.27 bits per heavy atom. The van der Waals surface area contributed by atoms with Gasteiger partial charge in [0, 0.05) is 13.1 Å². The Morgan fingerprint density at radius 3 is 3.00 bits per heavy atom. The maximum atomic E-state index is 5.89. The van der Waals surface area contributed by atoms with E-state index in [1.165, 1.54) is 12.8 Å². The van der Waals surface area contributed by atoms with Crippen LogP contribution in [0.2, 0.25) is 0 Å². The predicted octanol–water partition coefficient (Wildman–Crippen LogP) is 1.76. The first kappa shape index (κ1) is 9.62. The molecule has 1 aromatic rings. The Hall–Kier alpha value is -0.590. The fraction of sp³-hybridized carbons (Fsp3) is 0.600. The van der Waals surface area contributed by atoms with Crippen molar-refractivity contribution in [2.24, 2.45) is 5.92 Å². The highest BCUT2D eigenvalue weighted by molar-refractivity contribution is 14.1. The van der Waals surface area contributed by atoms with Crippen molar-refractivity contribution in [1.29, 1.82) is 0 Å². The molecule has 0 radical (unpaired) electrons. The quantitative estimate of drug-likeness (QED) is 0.667. The van der Waals surface area contributed by atoms with E-state index >= 15 is 0 Å². The Labute approximate surface area is 102 Å². The zero-order chi connectivity index (χ0) is 10.4. The molecule has 2 N–H and O–H groups in total. The Morgan fingerprint density at radius 1 is 1.47 bits per heavy atom. The second kappa shape index (κ2) is 3.47. The molecule has 0 spiro atoms. The maximum Gasteiger partial charge on any atom is 0.138 e. The molecule has 0 amide bonds. The van der Waals surface area contributed by atoms with Gasteiger partial charge < -0.3 is 10.6 Å². The van der Waals surface area contributed by atoms with Crippen LogP contribution in [0.1, 0.15) is 22.3 Å². The van der Waals surface area contributed by atoms with Crippen LogP contribution in [-0.4, -0.2) is 23.1 Å². The summed E-state index contributed by atoms with van der Waals surface area (Å²) in [6, 6.07) is 0. The number of fused-ring (bicyclic) bond motifs is 1. The van der Waals surface area contributed by atoms with Crippen LogP contribution in [0.25, 0.3) is 0 Å². The minimum absolute atomic E-state index is 0.442. The minimum Gasteiger partial charge on any atom is -0.383 e. The number of nitrogens with zero attached hydrogens (tertiary/aromatic N) is 3. The van der Waals surface area contributed by atoms with Crippen LogP contribution < -0.4 is 10.6 Å². The van der Waals surface area contributed by atoms with Gasteiger partial charge in [0.05, 0.1) is 9.49 Å². The van der Waals surface area contributed by atoms with Crippen LogP contribution in [0, 0.1) is 5.92 Å². The van der Waals surface area contributed by atoms with Crippen molar-refractivity contribution >= 4 is 34.2 Å². The lowest BCUT2D eigenvalue weighted by molar-refractivity contribution is 0.741. The Bertz CT molecular complexity index is 391. The second-order valence-electron chi connectivity index (χ2n) is 4.31. The van der Waals surface area contributed by atoms with Crippen molar-refractivity contribution in [3.8, 4) is 0 Å². The first-order valence-corrected chi connectivity index (χ1v) is 6.49. The molecule has 2 heterocycles. The van der Waals surface area contributed by atoms with Crippen molar-refractivity contribution in [3.63, 3.8) is 0 Å². The predicted molar refractivity (Wildman–Crippen MR) is 68.1 cm³/mol. The van der Waals surface area contributed by atoms with Crippen molar-refractivity contribution in [3.05, 3.63) is 11.9 Å². The molecule has 80 valence electrons. The van der Waals surface area contributed by atoms with Gasteiger partial charge >= 0.3 is 0 Å². The lowest BCUT2D eigenvalue weighted by Gasteiger charge is -2.17. The summed E-state index contributed by atoms with van der Waals surface area (Å²) in [7, 11) is 0. The van der Waals surface area contributed by atoms with E-state index in [1.807, 2.05) is 0 Å². The lowest BCUT2D eigenvalue weighted by Crippen LogP contribution is -2.24. The highest BCUT2D eigenvalue weighted by Gasteiger charge is 2.34. The first-order valence-electron chi connectivity index (χ1n) is 5.25. The Kier molecular flexibility index (Phi) is 2.22. The van der Waals surface area contributed by atoms with Gasteiger partial charge in [-0.25, -0.2) is 9.97 Å². The molecule has 0 aromatic carbocycles. The van der Waals surface area contributed by atoms with Crippen LogP contribution in [0.4, 0.5) is 11.6 Å². The summed E-state index contributed by atoms with van der Waals surface area (Å²) in [6.45, 7) is 2.18. The van der Waals surface area contributed by atoms with Crippen LogP contribution >= 0.6 is 22.6 Å². The minimum atomic E-state index is 0.442. The summed E-state index contributed by atoms with van der Waals surface area (Å²) in [5.41, 5.74) is 7.03. The number of rotatable bonds is 2. The van der Waals surface area contributed by atoms with Crippen molar-refractivity contribution in [2.75, 3.05) is 23.7 Å². The molecule has 2 aliphatic rings. The van der Waals surface area contributed by atoms with Crippen molar-refractivity contribution in [2.45, 2.75) is 16.8 Å². The van der Waals surface area contributed by atoms with Crippen LogP contribution in [0.15, 0.2) is 6.33 Å². The average molecular weight is 316 g/mol. The zero-order valence-corrected chi connectivity index (χ0v) is 10.5. The monoisotopic (exact) mass is 316 g/mol. The lowest BCUT2D eigenvalue weighted by atomic mass is 10.2. The number of nitrogens with two attached hydrogens (primary N) is 1. The van der Waals surface area contributed by atoms with E-state index in [9.17, 15) is 0 Å². The van der Waals surface area contributed by atoms with Crippen LogP contribution in [0.3, 0.4) is 0 Å².